The number of piperidine rings is 1. The van der Waals surface area contributed by atoms with E-state index in [0.717, 1.165) is 18.4 Å². The van der Waals surface area contributed by atoms with Gasteiger partial charge in [-0.25, -0.2) is 4.79 Å². The summed E-state index contributed by atoms with van der Waals surface area (Å²) in [6, 6.07) is 8.02. The summed E-state index contributed by atoms with van der Waals surface area (Å²) in [6.45, 7) is 8.90. The van der Waals surface area contributed by atoms with Crippen LogP contribution in [0.5, 0.6) is 0 Å². The third kappa shape index (κ3) is 4.38. The lowest BCUT2D eigenvalue weighted by molar-refractivity contribution is 0.0189. The maximum atomic E-state index is 12.3. The van der Waals surface area contributed by atoms with E-state index < -0.39 is 5.60 Å². The first-order valence-corrected chi connectivity index (χ1v) is 8.70. The Morgan fingerprint density at radius 3 is 2.68 bits per heavy atom. The molecule has 1 amide bonds. The average Bonchev–Trinajstić information content (AvgIpc) is 3.04. The topological polar surface area (TPSA) is 68.5 Å². The average molecular weight is 343 g/mol. The Hall–Kier alpha value is -2.37. The van der Waals surface area contributed by atoms with E-state index in [0.29, 0.717) is 24.8 Å². The molecule has 1 aliphatic heterocycles. The van der Waals surface area contributed by atoms with Gasteiger partial charge < -0.3 is 14.2 Å². The lowest BCUT2D eigenvalue weighted by atomic mass is 9.98. The molecule has 0 radical (unpaired) electrons. The summed E-state index contributed by atoms with van der Waals surface area (Å²) in [7, 11) is 0. The highest BCUT2D eigenvalue weighted by atomic mass is 16.6. The van der Waals surface area contributed by atoms with Crippen molar-refractivity contribution in [1.29, 1.82) is 0 Å². The zero-order chi connectivity index (χ0) is 18.0. The molecular weight excluding hydrogens is 318 g/mol. The lowest BCUT2D eigenvalue weighted by Crippen LogP contribution is -2.42. The Morgan fingerprint density at radius 2 is 2.00 bits per heavy atom. The highest BCUT2D eigenvalue weighted by Gasteiger charge is 2.31. The summed E-state index contributed by atoms with van der Waals surface area (Å²) >= 11 is 0. The highest BCUT2D eigenvalue weighted by Crippen LogP contribution is 2.28. The minimum Gasteiger partial charge on any atom is -0.444 e. The normalized spacial score (nSPS) is 18.2. The molecule has 1 unspecified atom stereocenters. The Labute approximate surface area is 148 Å². The van der Waals surface area contributed by atoms with E-state index >= 15 is 0 Å². The molecule has 1 fully saturated rings. The van der Waals surface area contributed by atoms with Crippen molar-refractivity contribution in [3.05, 3.63) is 35.7 Å². The Bertz CT molecular complexity index is 731. The van der Waals surface area contributed by atoms with Crippen LogP contribution in [0.1, 0.15) is 51.0 Å². The van der Waals surface area contributed by atoms with Gasteiger partial charge in [-0.3, -0.25) is 0 Å². The quantitative estimate of drug-likeness (QED) is 0.819. The molecule has 0 N–H and O–H groups in total. The largest absolute Gasteiger partial charge is 0.444 e. The monoisotopic (exact) mass is 343 g/mol. The molecule has 1 aromatic heterocycles. The van der Waals surface area contributed by atoms with Gasteiger partial charge in [-0.15, -0.1) is 0 Å². The van der Waals surface area contributed by atoms with E-state index in [4.69, 9.17) is 9.26 Å². The van der Waals surface area contributed by atoms with Gasteiger partial charge in [0.05, 0.1) is 5.92 Å². The number of amides is 1. The van der Waals surface area contributed by atoms with Gasteiger partial charge in [0.15, 0.2) is 0 Å². The SMILES string of the molecule is Cc1ccc(-c2noc(C3CCCN(C(=O)OC(C)(C)C)C3)n2)cc1. The fourth-order valence-corrected chi connectivity index (χ4v) is 2.89. The van der Waals surface area contributed by atoms with Gasteiger partial charge in [0.25, 0.3) is 0 Å². The van der Waals surface area contributed by atoms with Crippen molar-refractivity contribution in [2.75, 3.05) is 13.1 Å². The van der Waals surface area contributed by atoms with E-state index in [9.17, 15) is 4.79 Å². The maximum absolute atomic E-state index is 12.3. The minimum atomic E-state index is -0.493. The fourth-order valence-electron chi connectivity index (χ4n) is 2.89. The predicted molar refractivity (Wildman–Crippen MR) is 94.3 cm³/mol. The second-order valence-electron chi connectivity index (χ2n) is 7.59. The molecule has 0 saturated carbocycles. The van der Waals surface area contributed by atoms with Crippen molar-refractivity contribution in [2.45, 2.75) is 52.1 Å². The van der Waals surface area contributed by atoms with Gasteiger partial charge in [0.2, 0.25) is 11.7 Å². The van der Waals surface area contributed by atoms with Gasteiger partial charge in [-0.2, -0.15) is 4.98 Å². The number of ether oxygens (including phenoxy) is 1. The van der Waals surface area contributed by atoms with Crippen LogP contribution in [0, 0.1) is 6.92 Å². The van der Waals surface area contributed by atoms with E-state index in [1.54, 1.807) is 4.90 Å². The lowest BCUT2D eigenvalue weighted by Gasteiger charge is -2.32. The number of aromatic nitrogens is 2. The van der Waals surface area contributed by atoms with Crippen molar-refractivity contribution >= 4 is 6.09 Å². The molecule has 0 spiro atoms. The minimum absolute atomic E-state index is 0.0490. The summed E-state index contributed by atoms with van der Waals surface area (Å²) in [5.74, 6) is 1.22. The van der Waals surface area contributed by atoms with Crippen LogP contribution in [0.3, 0.4) is 0 Å². The molecule has 0 aliphatic carbocycles. The first kappa shape index (κ1) is 17.5. The van der Waals surface area contributed by atoms with Crippen molar-refractivity contribution in [3.63, 3.8) is 0 Å². The molecule has 1 saturated heterocycles. The number of hydrogen-bond donors (Lipinski definition) is 0. The van der Waals surface area contributed by atoms with E-state index in [1.165, 1.54) is 5.56 Å². The second kappa shape index (κ2) is 6.86. The van der Waals surface area contributed by atoms with Crippen molar-refractivity contribution < 1.29 is 14.1 Å². The summed E-state index contributed by atoms with van der Waals surface area (Å²) in [4.78, 5) is 18.6. The molecule has 3 rings (SSSR count). The highest BCUT2D eigenvalue weighted by molar-refractivity contribution is 5.68. The van der Waals surface area contributed by atoms with Crippen LogP contribution in [0.2, 0.25) is 0 Å². The number of carbonyl (C=O) groups excluding carboxylic acids is 1. The van der Waals surface area contributed by atoms with Gasteiger partial charge in [0.1, 0.15) is 5.60 Å². The molecule has 1 aliphatic rings. The first-order valence-electron chi connectivity index (χ1n) is 8.70. The predicted octanol–water partition coefficient (Wildman–Crippen LogP) is 4.16. The van der Waals surface area contributed by atoms with Crippen molar-refractivity contribution in [3.8, 4) is 11.4 Å². The van der Waals surface area contributed by atoms with E-state index in [2.05, 4.69) is 10.1 Å². The summed E-state index contributed by atoms with van der Waals surface area (Å²) in [5.41, 5.74) is 1.63. The Kier molecular flexibility index (Phi) is 4.79. The third-order valence-electron chi connectivity index (χ3n) is 4.17. The zero-order valence-corrected chi connectivity index (χ0v) is 15.3. The molecule has 25 heavy (non-hydrogen) atoms. The molecule has 6 nitrogen and oxygen atoms in total. The smallest absolute Gasteiger partial charge is 0.410 e. The molecule has 6 heteroatoms. The summed E-state index contributed by atoms with van der Waals surface area (Å²) in [5, 5.41) is 4.10. The van der Waals surface area contributed by atoms with Crippen LogP contribution >= 0.6 is 0 Å². The van der Waals surface area contributed by atoms with E-state index in [1.807, 2.05) is 52.0 Å². The molecular formula is C19H25N3O3. The van der Waals surface area contributed by atoms with Crippen molar-refractivity contribution in [1.82, 2.24) is 15.0 Å². The number of nitrogens with zero attached hydrogens (tertiary/aromatic N) is 3. The van der Waals surface area contributed by atoms with Crippen LogP contribution in [0.15, 0.2) is 28.8 Å². The summed E-state index contributed by atoms with van der Waals surface area (Å²) < 4.78 is 10.9. The van der Waals surface area contributed by atoms with Crippen LogP contribution in [-0.4, -0.2) is 39.8 Å². The fraction of sp³-hybridized carbons (Fsp3) is 0.526. The van der Waals surface area contributed by atoms with Crippen LogP contribution in [0.25, 0.3) is 11.4 Å². The zero-order valence-electron chi connectivity index (χ0n) is 15.3. The van der Waals surface area contributed by atoms with Gasteiger partial charge >= 0.3 is 6.09 Å². The van der Waals surface area contributed by atoms with Crippen molar-refractivity contribution in [2.24, 2.45) is 0 Å². The third-order valence-corrected chi connectivity index (χ3v) is 4.17. The maximum Gasteiger partial charge on any atom is 0.410 e. The number of aryl methyl sites for hydroxylation is 1. The van der Waals surface area contributed by atoms with Gasteiger partial charge in [0, 0.05) is 18.7 Å². The van der Waals surface area contributed by atoms with Gasteiger partial charge in [-0.1, -0.05) is 35.0 Å². The van der Waals surface area contributed by atoms with Gasteiger partial charge in [-0.05, 0) is 40.5 Å². The molecule has 2 aromatic rings. The standard InChI is InChI=1S/C19H25N3O3/c1-13-7-9-14(10-8-13)16-20-17(25-21-16)15-6-5-11-22(12-15)18(23)24-19(2,3)4/h7-10,15H,5-6,11-12H2,1-4H3. The number of likely N-dealkylation sites (tertiary alicyclic amines) is 1. The first-order chi connectivity index (χ1) is 11.8. The molecule has 1 atom stereocenters. The molecule has 0 bridgehead atoms. The summed E-state index contributed by atoms with van der Waals surface area (Å²) in [6.07, 6.45) is 1.54. The van der Waals surface area contributed by atoms with Crippen LogP contribution < -0.4 is 0 Å². The molecule has 134 valence electrons. The number of carbonyl (C=O) groups is 1. The Morgan fingerprint density at radius 1 is 1.28 bits per heavy atom. The van der Waals surface area contributed by atoms with Crippen LogP contribution in [0.4, 0.5) is 4.79 Å². The number of hydrogen-bond acceptors (Lipinski definition) is 5. The molecule has 2 heterocycles. The van der Waals surface area contributed by atoms with Crippen LogP contribution in [-0.2, 0) is 4.74 Å². The van der Waals surface area contributed by atoms with E-state index in [-0.39, 0.29) is 12.0 Å². The number of rotatable bonds is 2. The second-order valence-corrected chi connectivity index (χ2v) is 7.59. The molecule has 1 aromatic carbocycles. The Balaban J connectivity index is 1.70. The number of benzene rings is 1.